The lowest BCUT2D eigenvalue weighted by Gasteiger charge is -2.09. The minimum absolute atomic E-state index is 0.100. The fourth-order valence-electron chi connectivity index (χ4n) is 1.23. The van der Waals surface area contributed by atoms with Crippen molar-refractivity contribution in [2.24, 2.45) is 0 Å². The van der Waals surface area contributed by atoms with Crippen molar-refractivity contribution in [2.75, 3.05) is 20.3 Å². The van der Waals surface area contributed by atoms with Gasteiger partial charge in [0, 0.05) is 13.7 Å². The van der Waals surface area contributed by atoms with E-state index in [2.05, 4.69) is 10.4 Å². The van der Waals surface area contributed by atoms with Crippen LogP contribution in [-0.2, 0) is 9.53 Å². The van der Waals surface area contributed by atoms with Gasteiger partial charge in [-0.25, -0.2) is 0 Å². The zero-order valence-electron chi connectivity index (χ0n) is 9.92. The fraction of sp³-hybridized carbons (Fsp3) is 0.556. The molecule has 0 aliphatic rings. The van der Waals surface area contributed by atoms with Crippen molar-refractivity contribution in [3.05, 3.63) is 21.3 Å². The predicted octanol–water partition coefficient (Wildman–Crippen LogP) is 0.768. The van der Waals surface area contributed by atoms with Crippen LogP contribution in [0.15, 0.2) is 6.20 Å². The van der Waals surface area contributed by atoms with E-state index in [1.807, 2.05) is 0 Å². The SMILES string of the molecule is COCCNC(=O)C(C)n1cc(Cl)c([N+](=O)[O-])n1. The van der Waals surface area contributed by atoms with Crippen molar-refractivity contribution >= 4 is 23.3 Å². The first kappa shape index (κ1) is 14.4. The van der Waals surface area contributed by atoms with E-state index in [1.165, 1.54) is 13.3 Å². The maximum Gasteiger partial charge on any atom is 0.408 e. The van der Waals surface area contributed by atoms with Gasteiger partial charge in [0.05, 0.1) is 17.9 Å². The molecule has 1 amide bonds. The van der Waals surface area contributed by atoms with Gasteiger partial charge in [0.1, 0.15) is 6.04 Å². The van der Waals surface area contributed by atoms with Crippen molar-refractivity contribution in [1.82, 2.24) is 15.1 Å². The van der Waals surface area contributed by atoms with Crippen LogP contribution in [0.4, 0.5) is 5.82 Å². The quantitative estimate of drug-likeness (QED) is 0.470. The van der Waals surface area contributed by atoms with Crippen LogP contribution in [0.1, 0.15) is 13.0 Å². The molecule has 9 heteroatoms. The van der Waals surface area contributed by atoms with Crippen molar-refractivity contribution in [3.8, 4) is 0 Å². The Labute approximate surface area is 108 Å². The number of ether oxygens (including phenoxy) is 1. The minimum atomic E-state index is -0.700. The normalized spacial score (nSPS) is 12.2. The van der Waals surface area contributed by atoms with Gasteiger partial charge >= 0.3 is 5.82 Å². The van der Waals surface area contributed by atoms with Crippen LogP contribution in [0.3, 0.4) is 0 Å². The molecule has 0 aliphatic carbocycles. The van der Waals surface area contributed by atoms with Gasteiger partial charge in [0.15, 0.2) is 5.02 Å². The summed E-state index contributed by atoms with van der Waals surface area (Å²) in [6, 6.07) is -0.687. The summed E-state index contributed by atoms with van der Waals surface area (Å²) in [6.45, 7) is 2.31. The van der Waals surface area contributed by atoms with Crippen LogP contribution in [0.2, 0.25) is 5.02 Å². The second-order valence-electron chi connectivity index (χ2n) is 3.50. The van der Waals surface area contributed by atoms with Gasteiger partial charge in [-0.1, -0.05) is 11.6 Å². The van der Waals surface area contributed by atoms with Gasteiger partial charge in [-0.05, 0) is 11.8 Å². The lowest BCUT2D eigenvalue weighted by atomic mass is 10.3. The molecule has 1 rings (SSSR count). The molecule has 0 saturated heterocycles. The van der Waals surface area contributed by atoms with E-state index >= 15 is 0 Å². The maximum absolute atomic E-state index is 11.7. The van der Waals surface area contributed by atoms with Crippen LogP contribution in [0.5, 0.6) is 0 Å². The summed E-state index contributed by atoms with van der Waals surface area (Å²) in [5.74, 6) is -0.783. The zero-order valence-corrected chi connectivity index (χ0v) is 10.7. The van der Waals surface area contributed by atoms with Gasteiger partial charge in [0.2, 0.25) is 5.91 Å². The van der Waals surface area contributed by atoms with E-state index in [-0.39, 0.29) is 10.9 Å². The molecule has 0 radical (unpaired) electrons. The Hall–Kier alpha value is -1.67. The van der Waals surface area contributed by atoms with Gasteiger partial charge < -0.3 is 20.2 Å². The molecule has 0 bridgehead atoms. The molecule has 1 aromatic rings. The second-order valence-corrected chi connectivity index (χ2v) is 3.90. The summed E-state index contributed by atoms with van der Waals surface area (Å²) in [6.07, 6.45) is 1.25. The Bertz CT molecular complexity index is 448. The summed E-state index contributed by atoms with van der Waals surface area (Å²) >= 11 is 5.64. The average molecular weight is 277 g/mol. The number of aromatic nitrogens is 2. The van der Waals surface area contributed by atoms with Crippen molar-refractivity contribution in [1.29, 1.82) is 0 Å². The Balaban J connectivity index is 2.71. The Morgan fingerprint density at radius 1 is 1.78 bits per heavy atom. The third-order valence-electron chi connectivity index (χ3n) is 2.22. The van der Waals surface area contributed by atoms with Crippen LogP contribution in [-0.4, -0.2) is 40.9 Å². The maximum atomic E-state index is 11.7. The summed E-state index contributed by atoms with van der Waals surface area (Å²) in [7, 11) is 1.52. The lowest BCUT2D eigenvalue weighted by Crippen LogP contribution is -2.33. The minimum Gasteiger partial charge on any atom is -0.383 e. The van der Waals surface area contributed by atoms with E-state index in [1.54, 1.807) is 6.92 Å². The first-order valence-corrected chi connectivity index (χ1v) is 5.51. The molecule has 100 valence electrons. The van der Waals surface area contributed by atoms with Crippen LogP contribution in [0.25, 0.3) is 0 Å². The predicted molar refractivity (Wildman–Crippen MR) is 63.5 cm³/mol. The largest absolute Gasteiger partial charge is 0.408 e. The molecule has 1 atom stereocenters. The molecule has 18 heavy (non-hydrogen) atoms. The highest BCUT2D eigenvalue weighted by Gasteiger charge is 2.25. The lowest BCUT2D eigenvalue weighted by molar-refractivity contribution is -0.389. The number of nitro groups is 1. The first-order valence-electron chi connectivity index (χ1n) is 5.13. The fourth-order valence-corrected chi connectivity index (χ4v) is 1.43. The Morgan fingerprint density at radius 2 is 2.44 bits per heavy atom. The number of amides is 1. The highest BCUT2D eigenvalue weighted by atomic mass is 35.5. The second kappa shape index (κ2) is 6.31. The van der Waals surface area contributed by atoms with Crippen LogP contribution < -0.4 is 5.32 Å². The summed E-state index contributed by atoms with van der Waals surface area (Å²) < 4.78 is 5.94. The van der Waals surface area contributed by atoms with E-state index in [4.69, 9.17) is 16.3 Å². The third kappa shape index (κ3) is 3.41. The van der Waals surface area contributed by atoms with Crippen molar-refractivity contribution < 1.29 is 14.5 Å². The Morgan fingerprint density at radius 3 is 2.94 bits per heavy atom. The van der Waals surface area contributed by atoms with Crippen LogP contribution >= 0.6 is 11.6 Å². The van der Waals surface area contributed by atoms with Gasteiger partial charge in [-0.15, -0.1) is 0 Å². The van der Waals surface area contributed by atoms with Gasteiger partial charge in [-0.3, -0.25) is 4.79 Å². The number of nitrogens with one attached hydrogen (secondary N) is 1. The molecular weight excluding hydrogens is 264 g/mol. The molecule has 1 aromatic heterocycles. The molecule has 0 saturated carbocycles. The standard InChI is InChI=1S/C9H13ClN4O4/c1-6(9(15)11-3-4-18-2)13-5-7(10)8(12-13)14(16)17/h5-6H,3-4H2,1-2H3,(H,11,15). The number of carbonyl (C=O) groups is 1. The monoisotopic (exact) mass is 276 g/mol. The number of hydrogen-bond acceptors (Lipinski definition) is 5. The smallest absolute Gasteiger partial charge is 0.383 e. The van der Waals surface area contributed by atoms with Crippen molar-refractivity contribution in [3.63, 3.8) is 0 Å². The molecule has 1 heterocycles. The molecule has 0 aliphatic heterocycles. The molecule has 1 N–H and O–H groups in total. The average Bonchev–Trinajstić information content (AvgIpc) is 2.70. The summed E-state index contributed by atoms with van der Waals surface area (Å²) in [5, 5.41) is 16.7. The van der Waals surface area contributed by atoms with E-state index in [0.717, 1.165) is 4.68 Å². The molecular formula is C9H13ClN4O4. The molecule has 0 fully saturated rings. The topological polar surface area (TPSA) is 99.3 Å². The summed E-state index contributed by atoms with van der Waals surface area (Å²) in [4.78, 5) is 21.5. The van der Waals surface area contributed by atoms with Gasteiger partial charge in [-0.2, -0.15) is 4.68 Å². The number of rotatable bonds is 6. The third-order valence-corrected chi connectivity index (χ3v) is 2.49. The van der Waals surface area contributed by atoms with Gasteiger partial charge in [0.25, 0.3) is 0 Å². The number of methoxy groups -OCH3 is 1. The highest BCUT2D eigenvalue weighted by Crippen LogP contribution is 2.23. The van der Waals surface area contributed by atoms with E-state index < -0.39 is 16.8 Å². The summed E-state index contributed by atoms with van der Waals surface area (Å²) in [5.41, 5.74) is 0. The molecule has 1 unspecified atom stereocenters. The molecule has 0 spiro atoms. The number of hydrogen-bond donors (Lipinski definition) is 1. The number of nitrogens with zero attached hydrogens (tertiary/aromatic N) is 3. The van der Waals surface area contributed by atoms with Crippen molar-refractivity contribution in [2.45, 2.75) is 13.0 Å². The van der Waals surface area contributed by atoms with E-state index in [9.17, 15) is 14.9 Å². The Kier molecular flexibility index (Phi) is 5.05. The van der Waals surface area contributed by atoms with E-state index in [0.29, 0.717) is 13.2 Å². The highest BCUT2D eigenvalue weighted by molar-refractivity contribution is 6.32. The zero-order chi connectivity index (χ0) is 13.7. The van der Waals surface area contributed by atoms with Crippen LogP contribution in [0, 0.1) is 10.1 Å². The molecule has 8 nitrogen and oxygen atoms in total. The number of carbonyl (C=O) groups excluding carboxylic acids is 1. The molecule has 0 aromatic carbocycles. The number of halogens is 1. The first-order chi connectivity index (χ1) is 8.47.